The number of fused-ring (bicyclic) bond motifs is 2. The van der Waals surface area contributed by atoms with Gasteiger partial charge in [-0.2, -0.15) is 0 Å². The molecule has 0 bridgehead atoms. The summed E-state index contributed by atoms with van der Waals surface area (Å²) >= 11 is 0. The molecule has 0 radical (unpaired) electrons. The fraction of sp³-hybridized carbons (Fsp3) is 0.448. The van der Waals surface area contributed by atoms with Gasteiger partial charge in [0.15, 0.2) is 0 Å². The number of phenolic OH excluding ortho intramolecular Hbond substituents is 1. The lowest BCUT2D eigenvalue weighted by Crippen LogP contribution is -2.54. The third-order valence-electron chi connectivity index (χ3n) is 7.51. The van der Waals surface area contributed by atoms with Crippen LogP contribution < -0.4 is 20.7 Å². The van der Waals surface area contributed by atoms with Gasteiger partial charge >= 0.3 is 0 Å². The molecule has 10 nitrogen and oxygen atoms in total. The summed E-state index contributed by atoms with van der Waals surface area (Å²) in [6.45, 7) is 1.22. The van der Waals surface area contributed by atoms with Gasteiger partial charge in [-0.15, -0.1) is 0 Å². The number of ether oxygens (including phenoxy) is 1. The number of amides is 4. The van der Waals surface area contributed by atoms with Crippen molar-refractivity contribution in [3.05, 3.63) is 59.7 Å². The van der Waals surface area contributed by atoms with E-state index in [1.807, 2.05) is 0 Å². The first kappa shape index (κ1) is 26.5. The molecule has 2 heterocycles. The van der Waals surface area contributed by atoms with Gasteiger partial charge in [0.25, 0.3) is 5.91 Å². The standard InChI is InChI=1S/C29H34N4O6/c34-21-11-9-18(10-12-21)14-24-29(38)33-13-3-4-20(33)17-39-25-6-2-1-5-22(25)27(36)32-23(15-26(35)31-24)28(37)30-16-19-7-8-19/h1-2,5-6,9-12,19-20,23-24,34H,3-4,7-8,13-17H2,(H,30,37)(H,31,35)(H,32,36)/t20-,23+,24+/m1/s1. The van der Waals surface area contributed by atoms with Crippen molar-refractivity contribution >= 4 is 23.6 Å². The highest BCUT2D eigenvalue weighted by molar-refractivity contribution is 6.01. The number of carbonyl (C=O) groups excluding carboxylic acids is 4. The van der Waals surface area contributed by atoms with Crippen LogP contribution in [0.1, 0.15) is 48.0 Å². The third kappa shape index (κ3) is 6.68. The van der Waals surface area contributed by atoms with Crippen LogP contribution in [0.25, 0.3) is 0 Å². The molecule has 0 aromatic heterocycles. The van der Waals surface area contributed by atoms with Gasteiger partial charge in [-0.1, -0.05) is 24.3 Å². The Labute approximate surface area is 227 Å². The predicted octanol–water partition coefficient (Wildman–Crippen LogP) is 1.52. The number of para-hydroxylation sites is 1. The second-order valence-corrected chi connectivity index (χ2v) is 10.5. The van der Waals surface area contributed by atoms with E-state index in [4.69, 9.17) is 4.74 Å². The van der Waals surface area contributed by atoms with E-state index in [2.05, 4.69) is 16.0 Å². The number of nitrogens with zero attached hydrogens (tertiary/aromatic N) is 1. The van der Waals surface area contributed by atoms with Gasteiger partial charge in [0.1, 0.15) is 30.2 Å². The van der Waals surface area contributed by atoms with Crippen LogP contribution in [-0.2, 0) is 20.8 Å². The molecule has 2 fully saturated rings. The minimum Gasteiger partial charge on any atom is -0.508 e. The van der Waals surface area contributed by atoms with Gasteiger partial charge < -0.3 is 30.7 Å². The quantitative estimate of drug-likeness (QED) is 0.459. The first-order chi connectivity index (χ1) is 18.9. The van der Waals surface area contributed by atoms with Crippen molar-refractivity contribution in [3.63, 3.8) is 0 Å². The topological polar surface area (TPSA) is 137 Å². The van der Waals surface area contributed by atoms with Crippen molar-refractivity contribution < 1.29 is 29.0 Å². The van der Waals surface area contributed by atoms with Gasteiger partial charge in [0, 0.05) is 19.5 Å². The largest absolute Gasteiger partial charge is 0.508 e. The van der Waals surface area contributed by atoms with Gasteiger partial charge in [0.05, 0.1) is 18.0 Å². The molecule has 1 aliphatic carbocycles. The Kier molecular flexibility index (Phi) is 7.99. The number of benzene rings is 2. The Morgan fingerprint density at radius 2 is 1.79 bits per heavy atom. The third-order valence-corrected chi connectivity index (χ3v) is 7.51. The molecule has 10 heteroatoms. The number of rotatable bonds is 5. The van der Waals surface area contributed by atoms with E-state index in [1.54, 1.807) is 41.3 Å². The molecule has 0 unspecified atom stereocenters. The fourth-order valence-corrected chi connectivity index (χ4v) is 5.11. The van der Waals surface area contributed by atoms with Gasteiger partial charge in [-0.25, -0.2) is 0 Å². The van der Waals surface area contributed by atoms with Crippen LogP contribution in [0.5, 0.6) is 11.5 Å². The average Bonchev–Trinajstić information content (AvgIpc) is 3.65. The lowest BCUT2D eigenvalue weighted by Gasteiger charge is -2.30. The zero-order chi connectivity index (χ0) is 27.4. The molecular formula is C29H34N4O6. The maximum absolute atomic E-state index is 13.8. The molecule has 2 aliphatic heterocycles. The highest BCUT2D eigenvalue weighted by Gasteiger charge is 2.36. The SMILES string of the molecule is O=C1C[C@@H](C(=O)NCC2CC2)NC(=O)c2ccccc2OC[C@H]2CCCN2C(=O)[C@H](Cc2ccc(O)cc2)N1. The second kappa shape index (κ2) is 11.8. The van der Waals surface area contributed by atoms with Crippen LogP contribution in [0.2, 0.25) is 0 Å². The summed E-state index contributed by atoms with van der Waals surface area (Å²) in [5.74, 6) is -0.824. The second-order valence-electron chi connectivity index (χ2n) is 10.5. The van der Waals surface area contributed by atoms with Gasteiger partial charge in [0.2, 0.25) is 17.7 Å². The maximum Gasteiger partial charge on any atom is 0.255 e. The first-order valence-electron chi connectivity index (χ1n) is 13.6. The number of phenols is 1. The minimum atomic E-state index is -1.13. The molecule has 5 rings (SSSR count). The summed E-state index contributed by atoms with van der Waals surface area (Å²) in [7, 11) is 0. The van der Waals surface area contributed by atoms with E-state index in [9.17, 15) is 24.3 Å². The number of carbonyl (C=O) groups is 4. The summed E-state index contributed by atoms with van der Waals surface area (Å²) < 4.78 is 6.07. The van der Waals surface area contributed by atoms with Gasteiger partial charge in [-0.05, 0) is 61.4 Å². The van der Waals surface area contributed by atoms with E-state index >= 15 is 0 Å². The molecule has 2 aromatic carbocycles. The molecule has 3 aliphatic rings. The summed E-state index contributed by atoms with van der Waals surface area (Å²) in [5.41, 5.74) is 1.02. The summed E-state index contributed by atoms with van der Waals surface area (Å²) in [6.07, 6.45) is 3.51. The monoisotopic (exact) mass is 534 g/mol. The lowest BCUT2D eigenvalue weighted by molar-refractivity contribution is -0.138. The minimum absolute atomic E-state index is 0.105. The molecule has 4 amide bonds. The van der Waals surface area contributed by atoms with E-state index in [1.165, 1.54) is 12.1 Å². The van der Waals surface area contributed by atoms with Crippen LogP contribution in [0, 0.1) is 5.92 Å². The number of hydrogen-bond donors (Lipinski definition) is 4. The zero-order valence-corrected chi connectivity index (χ0v) is 21.7. The smallest absolute Gasteiger partial charge is 0.255 e. The first-order valence-corrected chi connectivity index (χ1v) is 13.6. The van der Waals surface area contributed by atoms with Crippen molar-refractivity contribution in [2.24, 2.45) is 5.92 Å². The number of aromatic hydroxyl groups is 1. The van der Waals surface area contributed by atoms with Gasteiger partial charge in [-0.3, -0.25) is 19.2 Å². The molecular weight excluding hydrogens is 500 g/mol. The number of nitrogens with one attached hydrogen (secondary N) is 3. The Balaban J connectivity index is 1.43. The molecule has 2 aromatic rings. The average molecular weight is 535 g/mol. The molecule has 1 saturated heterocycles. The molecule has 1 saturated carbocycles. The Bertz CT molecular complexity index is 1230. The van der Waals surface area contributed by atoms with Crippen LogP contribution in [0.15, 0.2) is 48.5 Å². The van der Waals surface area contributed by atoms with Crippen molar-refractivity contribution in [2.45, 2.75) is 56.7 Å². The molecule has 206 valence electrons. The van der Waals surface area contributed by atoms with Crippen molar-refractivity contribution in [2.75, 3.05) is 19.7 Å². The predicted molar refractivity (Wildman–Crippen MR) is 142 cm³/mol. The van der Waals surface area contributed by atoms with E-state index in [0.29, 0.717) is 24.8 Å². The highest BCUT2D eigenvalue weighted by atomic mass is 16.5. The van der Waals surface area contributed by atoms with Crippen molar-refractivity contribution in [1.82, 2.24) is 20.9 Å². The molecule has 0 spiro atoms. The highest BCUT2D eigenvalue weighted by Crippen LogP contribution is 2.28. The number of hydrogen-bond acceptors (Lipinski definition) is 6. The van der Waals surface area contributed by atoms with Crippen LogP contribution in [0.3, 0.4) is 0 Å². The van der Waals surface area contributed by atoms with Crippen LogP contribution >= 0.6 is 0 Å². The maximum atomic E-state index is 13.8. The van der Waals surface area contributed by atoms with E-state index < -0.39 is 29.8 Å². The Morgan fingerprint density at radius 3 is 2.56 bits per heavy atom. The fourth-order valence-electron chi connectivity index (χ4n) is 5.11. The molecule has 3 atom stereocenters. The van der Waals surface area contributed by atoms with Crippen LogP contribution in [-0.4, -0.2) is 71.5 Å². The molecule has 39 heavy (non-hydrogen) atoms. The summed E-state index contributed by atoms with van der Waals surface area (Å²) in [4.78, 5) is 55.1. The molecule has 4 N–H and O–H groups in total. The summed E-state index contributed by atoms with van der Waals surface area (Å²) in [5, 5.41) is 18.0. The van der Waals surface area contributed by atoms with Crippen LogP contribution in [0.4, 0.5) is 0 Å². The van der Waals surface area contributed by atoms with Crippen molar-refractivity contribution in [1.29, 1.82) is 0 Å². The summed E-state index contributed by atoms with van der Waals surface area (Å²) in [6, 6.07) is 11.0. The zero-order valence-electron chi connectivity index (χ0n) is 21.7. The Morgan fingerprint density at radius 1 is 1.03 bits per heavy atom. The normalized spacial score (nSPS) is 23.9. The van der Waals surface area contributed by atoms with Crippen molar-refractivity contribution in [3.8, 4) is 11.5 Å². The Hall–Kier alpha value is -4.08. The van der Waals surface area contributed by atoms with E-state index in [-0.39, 0.29) is 42.7 Å². The van der Waals surface area contributed by atoms with E-state index in [0.717, 1.165) is 31.2 Å². The lowest BCUT2D eigenvalue weighted by atomic mass is 10.0.